The van der Waals surface area contributed by atoms with Crippen LogP contribution in [-0.2, 0) is 9.68 Å². The fourth-order valence-electron chi connectivity index (χ4n) is 0.216. The molecular weight excluding hydrogens is 184 g/mol. The summed E-state index contributed by atoms with van der Waals surface area (Å²) in [5.74, 6) is 0. The largest absolute Gasteiger partial charge is 0.465 e. The number of rotatable bonds is 6. The molecule has 0 aliphatic rings. The Labute approximate surface area is 74.8 Å². The highest BCUT2D eigenvalue weighted by Crippen LogP contribution is 1.67. The van der Waals surface area contributed by atoms with Crippen molar-refractivity contribution in [3.05, 3.63) is 0 Å². The van der Waals surface area contributed by atoms with Crippen LogP contribution in [-0.4, -0.2) is 47.8 Å². The third kappa shape index (κ3) is 35.4. The molecule has 80 valence electrons. The summed E-state index contributed by atoms with van der Waals surface area (Å²) in [6.45, 7) is 0.224. The Morgan fingerprint density at radius 3 is 1.77 bits per heavy atom. The topological polar surface area (TPSA) is 134 Å². The molecule has 1 amide bonds. The second-order valence-electron chi connectivity index (χ2n) is 1.57. The fraction of sp³-hybridized carbons (Fsp3) is 0.800. The van der Waals surface area contributed by atoms with Gasteiger partial charge in [0.25, 0.3) is 0 Å². The van der Waals surface area contributed by atoms with Gasteiger partial charge in [-0.05, 0) is 0 Å². The van der Waals surface area contributed by atoms with Crippen LogP contribution < -0.4 is 11.4 Å². The number of aliphatic hydroxyl groups is 2. The summed E-state index contributed by atoms with van der Waals surface area (Å²) in [4.78, 5) is 17.7. The van der Waals surface area contributed by atoms with Crippen LogP contribution in [0.15, 0.2) is 0 Å². The van der Waals surface area contributed by atoms with Gasteiger partial charge < -0.3 is 21.1 Å². The summed E-state index contributed by atoms with van der Waals surface area (Å²) in [5.41, 5.74) is 6.10. The van der Waals surface area contributed by atoms with Crippen LogP contribution in [0.1, 0.15) is 0 Å². The highest BCUT2D eigenvalue weighted by molar-refractivity contribution is 5.61. The van der Waals surface area contributed by atoms with Crippen LogP contribution in [0.3, 0.4) is 0 Å². The third-order valence-corrected chi connectivity index (χ3v) is 0.505. The maximum atomic E-state index is 8.78. The lowest BCUT2D eigenvalue weighted by atomic mass is 10.8. The van der Waals surface area contributed by atoms with Gasteiger partial charge in [0.1, 0.15) is 0 Å². The Morgan fingerprint density at radius 1 is 1.23 bits per heavy atom. The van der Waals surface area contributed by atoms with Gasteiger partial charge in [-0.3, -0.25) is 9.68 Å². The Kier molecular flexibility index (Phi) is 15.3. The van der Waals surface area contributed by atoms with Crippen LogP contribution in [0.25, 0.3) is 0 Å². The summed E-state index contributed by atoms with van der Waals surface area (Å²) in [5, 5.41) is 23.5. The van der Waals surface area contributed by atoms with E-state index in [0.29, 0.717) is 0 Å². The van der Waals surface area contributed by atoms with Gasteiger partial charge in [0.15, 0.2) is 0 Å². The summed E-state index contributed by atoms with van der Waals surface area (Å²) >= 11 is 0. The quantitative estimate of drug-likeness (QED) is 0.247. The van der Waals surface area contributed by atoms with Crippen LogP contribution >= 0.6 is 0 Å². The second-order valence-corrected chi connectivity index (χ2v) is 1.57. The lowest BCUT2D eigenvalue weighted by Gasteiger charge is -2.01. The van der Waals surface area contributed by atoms with E-state index in [1.807, 2.05) is 0 Å². The normalized spacial score (nSPS) is 8.77. The molecule has 0 aromatic rings. The van der Waals surface area contributed by atoms with E-state index >= 15 is 0 Å². The maximum Gasteiger partial charge on any atom is 0.402 e. The lowest BCUT2D eigenvalue weighted by molar-refractivity contribution is -0.178. The Hall–Kier alpha value is -0.930. The SMILES string of the molecule is NC(=O)O.OCCONOCCO. The molecule has 6 N–H and O–H groups in total. The van der Waals surface area contributed by atoms with Gasteiger partial charge in [0.05, 0.1) is 26.4 Å². The second kappa shape index (κ2) is 13.6. The van der Waals surface area contributed by atoms with Gasteiger partial charge in [0, 0.05) is 0 Å². The van der Waals surface area contributed by atoms with Gasteiger partial charge >= 0.3 is 6.09 Å². The molecule has 0 aliphatic carbocycles. The first-order valence-corrected chi connectivity index (χ1v) is 3.33. The molecule has 0 spiro atoms. The highest BCUT2D eigenvalue weighted by Gasteiger charge is 1.83. The van der Waals surface area contributed by atoms with Crippen LogP contribution in [0.2, 0.25) is 0 Å². The highest BCUT2D eigenvalue weighted by atomic mass is 16.9. The molecule has 0 heterocycles. The molecule has 8 nitrogen and oxygen atoms in total. The standard InChI is InChI=1S/C4H11NO4.CH3NO2/c6-1-3-8-5-9-4-2-7;2-1(3)4/h5-7H,1-4H2;2H2,(H,3,4). The number of primary amides is 1. The molecule has 0 bridgehead atoms. The van der Waals surface area contributed by atoms with E-state index in [4.69, 9.17) is 20.1 Å². The Balaban J connectivity index is 0. The first-order chi connectivity index (χ1) is 6.15. The van der Waals surface area contributed by atoms with Crippen molar-refractivity contribution >= 4 is 6.09 Å². The minimum Gasteiger partial charge on any atom is -0.465 e. The van der Waals surface area contributed by atoms with Crippen molar-refractivity contribution in [2.24, 2.45) is 5.73 Å². The predicted octanol–water partition coefficient (Wildman–Crippen LogP) is -1.95. The van der Waals surface area contributed by atoms with E-state index < -0.39 is 6.09 Å². The average molecular weight is 198 g/mol. The van der Waals surface area contributed by atoms with Crippen LogP contribution in [0.4, 0.5) is 4.79 Å². The number of carbonyl (C=O) groups is 1. The number of aliphatic hydroxyl groups excluding tert-OH is 2. The van der Waals surface area contributed by atoms with E-state index in [1.54, 1.807) is 0 Å². The van der Waals surface area contributed by atoms with Gasteiger partial charge in [-0.2, -0.15) is 0 Å². The maximum absolute atomic E-state index is 8.78. The Morgan fingerprint density at radius 2 is 1.54 bits per heavy atom. The van der Waals surface area contributed by atoms with Crippen molar-refractivity contribution in [1.29, 1.82) is 0 Å². The zero-order chi connectivity index (χ0) is 10.5. The fourth-order valence-corrected chi connectivity index (χ4v) is 0.216. The van der Waals surface area contributed by atoms with E-state index in [9.17, 15) is 0 Å². The van der Waals surface area contributed by atoms with Gasteiger partial charge in [-0.15, -0.1) is 0 Å². The minimum absolute atomic E-state index is 0.0600. The molecule has 13 heavy (non-hydrogen) atoms. The molecule has 0 atom stereocenters. The predicted molar refractivity (Wildman–Crippen MR) is 41.4 cm³/mol. The molecule has 8 heteroatoms. The van der Waals surface area contributed by atoms with Gasteiger partial charge in [0.2, 0.25) is 0 Å². The molecule has 0 radical (unpaired) electrons. The molecule has 0 aromatic heterocycles. The van der Waals surface area contributed by atoms with E-state index in [0.717, 1.165) is 0 Å². The minimum atomic E-state index is -1.33. The van der Waals surface area contributed by atoms with Crippen molar-refractivity contribution in [3.63, 3.8) is 0 Å². The van der Waals surface area contributed by atoms with Crippen LogP contribution in [0, 0.1) is 0 Å². The van der Waals surface area contributed by atoms with Crippen molar-refractivity contribution in [2.75, 3.05) is 26.4 Å². The molecule has 0 unspecified atom stereocenters. The summed E-state index contributed by atoms with van der Waals surface area (Å²) in [6, 6.07) is 0. The molecular formula is C5H14N2O6. The molecule has 0 aliphatic heterocycles. The monoisotopic (exact) mass is 198 g/mol. The zero-order valence-electron chi connectivity index (χ0n) is 6.97. The zero-order valence-corrected chi connectivity index (χ0v) is 6.97. The molecule has 0 rings (SSSR count). The van der Waals surface area contributed by atoms with Crippen molar-refractivity contribution in [1.82, 2.24) is 5.64 Å². The first kappa shape index (κ1) is 14.6. The molecule has 0 saturated carbocycles. The summed E-state index contributed by atoms with van der Waals surface area (Å²) < 4.78 is 0. The van der Waals surface area contributed by atoms with Gasteiger partial charge in [-0.1, -0.05) is 5.64 Å². The van der Waals surface area contributed by atoms with Crippen molar-refractivity contribution in [2.45, 2.75) is 0 Å². The summed E-state index contributed by atoms with van der Waals surface area (Å²) in [7, 11) is 0. The van der Waals surface area contributed by atoms with Crippen molar-refractivity contribution in [3.8, 4) is 0 Å². The van der Waals surface area contributed by atoms with E-state index in [2.05, 4.69) is 21.1 Å². The summed E-state index contributed by atoms with van der Waals surface area (Å²) in [6.07, 6.45) is -1.33. The van der Waals surface area contributed by atoms with Crippen LogP contribution in [0.5, 0.6) is 0 Å². The number of carboxylic acid groups (broad SMARTS) is 1. The number of nitrogens with two attached hydrogens (primary N) is 1. The molecule has 0 fully saturated rings. The van der Waals surface area contributed by atoms with Gasteiger partial charge in [-0.25, -0.2) is 4.79 Å². The smallest absolute Gasteiger partial charge is 0.402 e. The lowest BCUT2D eigenvalue weighted by Crippen LogP contribution is -2.19. The molecule has 0 saturated heterocycles. The molecule has 0 aromatic carbocycles. The number of nitrogens with one attached hydrogen (secondary N) is 1. The Bertz CT molecular complexity index is 101. The van der Waals surface area contributed by atoms with E-state index in [-0.39, 0.29) is 26.4 Å². The number of hydrogen-bond acceptors (Lipinski definition) is 6. The first-order valence-electron chi connectivity index (χ1n) is 3.33. The number of amides is 1. The average Bonchev–Trinajstić information content (AvgIpc) is 2.03. The third-order valence-electron chi connectivity index (χ3n) is 0.505. The van der Waals surface area contributed by atoms with Crippen molar-refractivity contribution < 1.29 is 29.8 Å². The number of hydrogen-bond donors (Lipinski definition) is 5. The van der Waals surface area contributed by atoms with E-state index in [1.165, 1.54) is 0 Å².